The van der Waals surface area contributed by atoms with Crippen molar-refractivity contribution in [2.24, 2.45) is 0 Å². The Morgan fingerprint density at radius 1 is 0.275 bits per heavy atom. The summed E-state index contributed by atoms with van der Waals surface area (Å²) < 4.78 is 15.8. The van der Waals surface area contributed by atoms with Gasteiger partial charge in [0.05, 0.1) is 22.1 Å². The van der Waals surface area contributed by atoms with Crippen molar-refractivity contribution in [1.29, 1.82) is 0 Å². The number of benzene rings is 10. The summed E-state index contributed by atoms with van der Waals surface area (Å²) >= 11 is 0. The fraction of sp³-hybridized carbons (Fsp3) is 0. The van der Waals surface area contributed by atoms with Gasteiger partial charge in [0.25, 0.3) is 0 Å². The number of hydrogen-bond acceptors (Lipinski definition) is 5. The highest BCUT2D eigenvalue weighted by atomic mass is 16.3. The molecule has 0 N–H and O–H groups in total. The highest BCUT2D eigenvalue weighted by molar-refractivity contribution is 6.17. The monoisotopic (exact) mass is 882 g/mol. The number of hydrogen-bond donors (Lipinski definition) is 0. The molecule has 0 aliphatic carbocycles. The van der Waals surface area contributed by atoms with Crippen LogP contribution in [0.25, 0.3) is 139 Å². The van der Waals surface area contributed by atoms with Gasteiger partial charge in [-0.2, -0.15) is 0 Å². The number of furan rings is 2. The maximum atomic E-state index is 6.70. The molecule has 0 unspecified atom stereocenters. The zero-order valence-corrected chi connectivity index (χ0v) is 37.0. The summed E-state index contributed by atoms with van der Waals surface area (Å²) in [5.74, 6) is 1.73. The zero-order chi connectivity index (χ0) is 45.4. The predicted molar refractivity (Wildman–Crippen MR) is 281 cm³/mol. The van der Waals surface area contributed by atoms with Gasteiger partial charge in [-0.05, 0) is 94.0 Å². The van der Waals surface area contributed by atoms with Gasteiger partial charge in [0, 0.05) is 43.6 Å². The average molecular weight is 883 g/mol. The number of para-hydroxylation sites is 2. The molecule has 0 bridgehead atoms. The van der Waals surface area contributed by atoms with Gasteiger partial charge in [-0.25, -0.2) is 15.0 Å². The molecule has 0 aliphatic heterocycles. The maximum absolute atomic E-state index is 6.70. The van der Waals surface area contributed by atoms with Crippen LogP contribution < -0.4 is 0 Å². The van der Waals surface area contributed by atoms with Gasteiger partial charge in [0.2, 0.25) is 0 Å². The average Bonchev–Trinajstić information content (AvgIpc) is 4.10. The lowest BCUT2D eigenvalue weighted by Gasteiger charge is -2.12. The van der Waals surface area contributed by atoms with Crippen molar-refractivity contribution in [3.8, 4) is 73.2 Å². The number of aromatic nitrogens is 4. The second-order valence-electron chi connectivity index (χ2n) is 17.5. The van der Waals surface area contributed by atoms with E-state index < -0.39 is 0 Å². The highest BCUT2D eigenvalue weighted by Crippen LogP contribution is 2.44. The van der Waals surface area contributed by atoms with E-state index in [4.69, 9.17) is 23.8 Å². The first-order chi connectivity index (χ1) is 34.2. The van der Waals surface area contributed by atoms with Crippen LogP contribution in [0.15, 0.2) is 239 Å². The molecular formula is C63H38N4O2. The van der Waals surface area contributed by atoms with Crippen molar-refractivity contribution in [3.63, 3.8) is 0 Å². The Balaban J connectivity index is 0.969. The molecule has 0 atom stereocenters. The third-order valence-corrected chi connectivity index (χ3v) is 13.5. The fourth-order valence-electron chi connectivity index (χ4n) is 10.2. The van der Waals surface area contributed by atoms with Crippen molar-refractivity contribution in [3.05, 3.63) is 231 Å². The van der Waals surface area contributed by atoms with Gasteiger partial charge in [0.15, 0.2) is 17.5 Å². The van der Waals surface area contributed by atoms with Crippen LogP contribution in [0.5, 0.6) is 0 Å². The minimum atomic E-state index is 0.550. The molecule has 4 aromatic heterocycles. The molecule has 0 spiro atoms. The van der Waals surface area contributed by atoms with E-state index in [1.165, 1.54) is 21.9 Å². The molecule has 322 valence electrons. The Kier molecular flexibility index (Phi) is 8.79. The number of fused-ring (bicyclic) bond motifs is 9. The fourth-order valence-corrected chi connectivity index (χ4v) is 10.2. The van der Waals surface area contributed by atoms with Crippen molar-refractivity contribution in [2.75, 3.05) is 0 Å². The summed E-state index contributed by atoms with van der Waals surface area (Å²) in [6, 6.07) is 80.4. The minimum Gasteiger partial charge on any atom is -0.456 e. The highest BCUT2D eigenvalue weighted by Gasteiger charge is 2.22. The smallest absolute Gasteiger partial charge is 0.164 e. The van der Waals surface area contributed by atoms with Gasteiger partial charge in [-0.1, -0.05) is 170 Å². The molecule has 6 nitrogen and oxygen atoms in total. The van der Waals surface area contributed by atoms with Crippen LogP contribution in [0, 0.1) is 0 Å². The SMILES string of the molecule is c1ccc(-c2ccc(-c3nc(-c4ccccc4)nc(-c4cc(-c5ccc6oc7cccc(-n8c9ccccc9c9cc(-c%10ccccc%10)ccc98)c7c6c5)c5c(c4)oc4ccccc45)n3)cc2)cc1. The lowest BCUT2D eigenvalue weighted by Crippen LogP contribution is -2.00. The summed E-state index contributed by atoms with van der Waals surface area (Å²) in [6.45, 7) is 0. The molecule has 0 saturated heterocycles. The van der Waals surface area contributed by atoms with Crippen LogP contribution in [-0.2, 0) is 0 Å². The second kappa shape index (κ2) is 15.6. The molecule has 14 aromatic rings. The predicted octanol–water partition coefficient (Wildman–Crippen LogP) is 16.8. The normalized spacial score (nSPS) is 11.8. The van der Waals surface area contributed by atoms with Crippen molar-refractivity contribution in [2.45, 2.75) is 0 Å². The summed E-state index contributed by atoms with van der Waals surface area (Å²) in [7, 11) is 0. The topological polar surface area (TPSA) is 69.9 Å². The Labute approximate surface area is 396 Å². The first kappa shape index (κ1) is 38.8. The van der Waals surface area contributed by atoms with Crippen LogP contribution in [0.1, 0.15) is 0 Å². The molecule has 0 aliphatic rings. The van der Waals surface area contributed by atoms with Gasteiger partial charge in [0.1, 0.15) is 22.3 Å². The zero-order valence-electron chi connectivity index (χ0n) is 37.0. The van der Waals surface area contributed by atoms with Crippen LogP contribution in [0.3, 0.4) is 0 Å². The third kappa shape index (κ3) is 6.45. The van der Waals surface area contributed by atoms with E-state index in [0.717, 1.165) is 99.5 Å². The largest absolute Gasteiger partial charge is 0.456 e. The van der Waals surface area contributed by atoms with Crippen molar-refractivity contribution >= 4 is 65.7 Å². The van der Waals surface area contributed by atoms with Crippen molar-refractivity contribution < 1.29 is 8.83 Å². The summed E-state index contributed by atoms with van der Waals surface area (Å²) in [5, 5.41) is 6.51. The van der Waals surface area contributed by atoms with Gasteiger partial charge >= 0.3 is 0 Å². The second-order valence-corrected chi connectivity index (χ2v) is 17.5. The molecule has 14 rings (SSSR count). The van der Waals surface area contributed by atoms with Gasteiger partial charge < -0.3 is 13.4 Å². The lowest BCUT2D eigenvalue weighted by atomic mass is 9.95. The van der Waals surface area contributed by atoms with E-state index in [2.05, 4.69) is 187 Å². The van der Waals surface area contributed by atoms with Crippen molar-refractivity contribution in [1.82, 2.24) is 19.5 Å². The van der Waals surface area contributed by atoms with E-state index >= 15 is 0 Å². The first-order valence-electron chi connectivity index (χ1n) is 23.2. The Bertz CT molecular complexity index is 4290. The summed E-state index contributed by atoms with van der Waals surface area (Å²) in [4.78, 5) is 15.4. The Morgan fingerprint density at radius 2 is 0.783 bits per heavy atom. The van der Waals surface area contributed by atoms with Crippen LogP contribution >= 0.6 is 0 Å². The molecule has 69 heavy (non-hydrogen) atoms. The molecule has 0 fully saturated rings. The molecule has 6 heteroatoms. The van der Waals surface area contributed by atoms with Crippen LogP contribution in [-0.4, -0.2) is 19.5 Å². The number of rotatable bonds is 7. The molecule has 0 amide bonds. The summed E-state index contributed by atoms with van der Waals surface area (Å²) in [6.07, 6.45) is 0. The third-order valence-electron chi connectivity index (χ3n) is 13.5. The maximum Gasteiger partial charge on any atom is 0.164 e. The quantitative estimate of drug-likeness (QED) is 0.159. The lowest BCUT2D eigenvalue weighted by molar-refractivity contribution is 0.668. The van der Waals surface area contributed by atoms with Crippen LogP contribution in [0.4, 0.5) is 0 Å². The Hall–Kier alpha value is -9.39. The first-order valence-corrected chi connectivity index (χ1v) is 23.2. The van der Waals surface area contributed by atoms with Crippen LogP contribution in [0.2, 0.25) is 0 Å². The molecular weight excluding hydrogens is 845 g/mol. The van der Waals surface area contributed by atoms with E-state index in [1.807, 2.05) is 48.5 Å². The van der Waals surface area contributed by atoms with Gasteiger partial charge in [-0.3, -0.25) is 0 Å². The molecule has 0 saturated carbocycles. The molecule has 10 aromatic carbocycles. The minimum absolute atomic E-state index is 0.550. The standard InChI is InChI=1S/C63H38N4O2/c1-4-15-39(16-5-1)41-27-29-43(30-28-41)62-64-61(42-19-8-3-9-20-42)65-63(66-62)46-37-49(59-48-22-11-13-25-55(48)69-58(59)38-46)45-32-34-56-51(36-45)60-54(24-14-26-57(60)68-56)67-52-23-12-10-21-47(52)50-35-44(31-33-53(50)67)40-17-6-2-7-18-40/h1-38H. The number of nitrogens with zero attached hydrogens (tertiary/aromatic N) is 4. The Morgan fingerprint density at radius 3 is 1.54 bits per heavy atom. The van der Waals surface area contributed by atoms with E-state index in [1.54, 1.807) is 0 Å². The van der Waals surface area contributed by atoms with Gasteiger partial charge in [-0.15, -0.1) is 0 Å². The summed E-state index contributed by atoms with van der Waals surface area (Å²) in [5.41, 5.74) is 15.8. The van der Waals surface area contributed by atoms with E-state index in [-0.39, 0.29) is 0 Å². The molecule has 0 radical (unpaired) electrons. The van der Waals surface area contributed by atoms with E-state index in [9.17, 15) is 0 Å². The van der Waals surface area contributed by atoms with E-state index in [0.29, 0.717) is 17.5 Å². The molecule has 4 heterocycles.